The van der Waals surface area contributed by atoms with Crippen molar-refractivity contribution in [2.24, 2.45) is 5.92 Å². The summed E-state index contributed by atoms with van der Waals surface area (Å²) in [4.78, 5) is 2.53. The Labute approximate surface area is 135 Å². The smallest absolute Gasteiger partial charge is 0.0472 e. The summed E-state index contributed by atoms with van der Waals surface area (Å²) < 4.78 is 0. The molecule has 3 heteroatoms. The Morgan fingerprint density at radius 1 is 1.10 bits per heavy atom. The summed E-state index contributed by atoms with van der Waals surface area (Å²) in [6, 6.07) is 11.9. The Kier molecular flexibility index (Phi) is 9.05. The third kappa shape index (κ3) is 6.86. The predicted molar refractivity (Wildman–Crippen MR) is 97.1 cm³/mol. The minimum absolute atomic E-state index is 0.446. The third-order valence-corrected chi connectivity index (χ3v) is 4.65. The van der Waals surface area contributed by atoms with Crippen LogP contribution < -0.4 is 5.32 Å². The highest BCUT2D eigenvalue weighted by molar-refractivity contribution is 7.98. The normalized spacial score (nSPS) is 14.6. The lowest BCUT2D eigenvalue weighted by Crippen LogP contribution is -2.39. The van der Waals surface area contributed by atoms with Crippen molar-refractivity contribution >= 4 is 11.8 Å². The van der Waals surface area contributed by atoms with Crippen molar-refractivity contribution in [3.8, 4) is 0 Å². The maximum absolute atomic E-state index is 3.63. The lowest BCUT2D eigenvalue weighted by Gasteiger charge is -2.34. The third-order valence-electron chi connectivity index (χ3n) is 4.00. The van der Waals surface area contributed by atoms with E-state index in [0.29, 0.717) is 18.0 Å². The first-order chi connectivity index (χ1) is 10.1. The fraction of sp³-hybridized carbons (Fsp3) is 0.667. The number of nitrogens with one attached hydrogen (secondary N) is 1. The van der Waals surface area contributed by atoms with Gasteiger partial charge in [-0.15, -0.1) is 0 Å². The Morgan fingerprint density at radius 2 is 1.76 bits per heavy atom. The molecule has 1 N–H and O–H groups in total. The van der Waals surface area contributed by atoms with Crippen molar-refractivity contribution in [3.63, 3.8) is 0 Å². The zero-order chi connectivity index (χ0) is 15.7. The first-order valence-electron chi connectivity index (χ1n) is 8.02. The van der Waals surface area contributed by atoms with Crippen molar-refractivity contribution in [2.45, 2.75) is 39.3 Å². The topological polar surface area (TPSA) is 15.3 Å². The molecule has 0 amide bonds. The van der Waals surface area contributed by atoms with Gasteiger partial charge in [0.15, 0.2) is 0 Å². The zero-order valence-corrected chi connectivity index (χ0v) is 15.1. The van der Waals surface area contributed by atoms with E-state index in [9.17, 15) is 0 Å². The van der Waals surface area contributed by atoms with Crippen LogP contribution in [-0.2, 0) is 0 Å². The van der Waals surface area contributed by atoms with Crippen molar-refractivity contribution < 1.29 is 0 Å². The van der Waals surface area contributed by atoms with Gasteiger partial charge in [-0.3, -0.25) is 4.90 Å². The molecular formula is C18H32N2S. The first kappa shape index (κ1) is 18.5. The van der Waals surface area contributed by atoms with Crippen LogP contribution in [0.1, 0.15) is 38.8 Å². The Morgan fingerprint density at radius 3 is 2.33 bits per heavy atom. The monoisotopic (exact) mass is 308 g/mol. The molecule has 2 atom stereocenters. The second-order valence-corrected chi connectivity index (χ2v) is 7.26. The van der Waals surface area contributed by atoms with E-state index in [1.807, 2.05) is 11.8 Å². The van der Waals surface area contributed by atoms with Gasteiger partial charge >= 0.3 is 0 Å². The van der Waals surface area contributed by atoms with Gasteiger partial charge in [-0.05, 0) is 50.4 Å². The zero-order valence-electron chi connectivity index (χ0n) is 14.3. The molecule has 120 valence electrons. The van der Waals surface area contributed by atoms with Crippen LogP contribution in [-0.4, -0.2) is 43.1 Å². The minimum atomic E-state index is 0.446. The van der Waals surface area contributed by atoms with Crippen LogP contribution >= 0.6 is 11.8 Å². The molecular weight excluding hydrogens is 276 g/mol. The van der Waals surface area contributed by atoms with E-state index in [0.717, 1.165) is 13.1 Å². The van der Waals surface area contributed by atoms with Crippen LogP contribution in [0.5, 0.6) is 0 Å². The molecule has 1 aromatic carbocycles. The average molecular weight is 309 g/mol. The highest BCUT2D eigenvalue weighted by Crippen LogP contribution is 2.22. The van der Waals surface area contributed by atoms with Gasteiger partial charge in [0.25, 0.3) is 0 Å². The van der Waals surface area contributed by atoms with Crippen LogP contribution in [0, 0.1) is 5.92 Å². The Bertz CT molecular complexity index is 367. The van der Waals surface area contributed by atoms with Gasteiger partial charge in [0, 0.05) is 18.6 Å². The van der Waals surface area contributed by atoms with Crippen LogP contribution in [0.3, 0.4) is 0 Å². The SMILES string of the molecule is CSCCC(C)N(C)C(CNCC(C)C)c1ccccc1. The van der Waals surface area contributed by atoms with E-state index in [1.165, 1.54) is 17.7 Å². The van der Waals surface area contributed by atoms with Crippen LogP contribution in [0.15, 0.2) is 30.3 Å². The Hall–Kier alpha value is -0.510. The average Bonchev–Trinajstić information content (AvgIpc) is 2.49. The molecule has 0 aromatic heterocycles. The van der Waals surface area contributed by atoms with E-state index in [2.05, 4.69) is 74.6 Å². The van der Waals surface area contributed by atoms with E-state index in [-0.39, 0.29) is 0 Å². The summed E-state index contributed by atoms with van der Waals surface area (Å²) >= 11 is 1.93. The molecule has 0 heterocycles. The van der Waals surface area contributed by atoms with Gasteiger partial charge in [0.1, 0.15) is 0 Å². The molecule has 1 aromatic rings. The molecule has 0 aliphatic heterocycles. The summed E-state index contributed by atoms with van der Waals surface area (Å²) in [6.07, 6.45) is 3.43. The van der Waals surface area contributed by atoms with Crippen LogP contribution in [0.25, 0.3) is 0 Å². The van der Waals surface area contributed by atoms with E-state index in [1.54, 1.807) is 0 Å². The molecule has 0 saturated heterocycles. The molecule has 21 heavy (non-hydrogen) atoms. The summed E-state index contributed by atoms with van der Waals surface area (Å²) in [7, 11) is 2.26. The molecule has 0 fully saturated rings. The fourth-order valence-corrected chi connectivity index (χ4v) is 3.06. The summed E-state index contributed by atoms with van der Waals surface area (Å²) in [5.74, 6) is 1.92. The summed E-state index contributed by atoms with van der Waals surface area (Å²) in [5.41, 5.74) is 1.41. The van der Waals surface area contributed by atoms with Crippen molar-refractivity contribution in [3.05, 3.63) is 35.9 Å². The lowest BCUT2D eigenvalue weighted by atomic mass is 10.0. The molecule has 0 saturated carbocycles. The van der Waals surface area contributed by atoms with E-state index < -0.39 is 0 Å². The number of hydrogen-bond donors (Lipinski definition) is 1. The Balaban J connectivity index is 2.71. The van der Waals surface area contributed by atoms with Crippen molar-refractivity contribution in [2.75, 3.05) is 32.1 Å². The summed E-state index contributed by atoms with van der Waals surface area (Å²) in [6.45, 7) is 8.96. The molecule has 0 aliphatic rings. The molecule has 0 radical (unpaired) electrons. The number of rotatable bonds is 10. The van der Waals surface area contributed by atoms with E-state index in [4.69, 9.17) is 0 Å². The first-order valence-corrected chi connectivity index (χ1v) is 9.42. The quantitative estimate of drug-likeness (QED) is 0.702. The molecule has 0 spiro atoms. The van der Waals surface area contributed by atoms with Gasteiger partial charge in [0.2, 0.25) is 0 Å². The number of nitrogens with zero attached hydrogens (tertiary/aromatic N) is 1. The van der Waals surface area contributed by atoms with Crippen LogP contribution in [0.2, 0.25) is 0 Å². The fourth-order valence-electron chi connectivity index (χ4n) is 2.48. The minimum Gasteiger partial charge on any atom is -0.315 e. The molecule has 0 aliphatic carbocycles. The second kappa shape index (κ2) is 10.3. The van der Waals surface area contributed by atoms with Gasteiger partial charge < -0.3 is 5.32 Å². The maximum Gasteiger partial charge on any atom is 0.0472 e. The maximum atomic E-state index is 3.63. The number of hydrogen-bond acceptors (Lipinski definition) is 3. The predicted octanol–water partition coefficient (Wildman–Crippen LogP) is 4.05. The molecule has 2 nitrogen and oxygen atoms in total. The second-order valence-electron chi connectivity index (χ2n) is 6.27. The highest BCUT2D eigenvalue weighted by atomic mass is 32.2. The molecule has 1 rings (SSSR count). The van der Waals surface area contributed by atoms with Gasteiger partial charge in [-0.1, -0.05) is 44.2 Å². The number of likely N-dealkylation sites (N-methyl/N-ethyl adjacent to an activating group) is 1. The number of benzene rings is 1. The lowest BCUT2D eigenvalue weighted by molar-refractivity contribution is 0.176. The van der Waals surface area contributed by atoms with Gasteiger partial charge in [-0.2, -0.15) is 11.8 Å². The summed E-state index contributed by atoms with van der Waals surface area (Å²) in [5, 5.41) is 3.63. The standard InChI is InChI=1S/C18H32N2S/c1-15(2)13-19-14-18(17-9-7-6-8-10-17)20(4)16(3)11-12-21-5/h6-10,15-16,18-19H,11-14H2,1-5H3. The van der Waals surface area contributed by atoms with Gasteiger partial charge in [-0.25, -0.2) is 0 Å². The largest absolute Gasteiger partial charge is 0.315 e. The van der Waals surface area contributed by atoms with Crippen molar-refractivity contribution in [1.29, 1.82) is 0 Å². The van der Waals surface area contributed by atoms with E-state index >= 15 is 0 Å². The highest BCUT2D eigenvalue weighted by Gasteiger charge is 2.21. The molecule has 2 unspecified atom stereocenters. The van der Waals surface area contributed by atoms with Gasteiger partial charge in [0.05, 0.1) is 0 Å². The van der Waals surface area contributed by atoms with Crippen molar-refractivity contribution in [1.82, 2.24) is 10.2 Å². The van der Waals surface area contributed by atoms with Crippen LogP contribution in [0.4, 0.5) is 0 Å². The molecule has 0 bridgehead atoms. The number of thioether (sulfide) groups is 1.